The zero-order chi connectivity index (χ0) is 19.2. The molecule has 0 bridgehead atoms. The normalized spacial score (nSPS) is 11.2. The maximum Gasteiger partial charge on any atom is 0.251 e. The number of carbonyl (C=O) groups excluding carboxylic acids is 1. The van der Waals surface area contributed by atoms with Crippen LogP contribution in [0.2, 0.25) is 0 Å². The zero-order valence-corrected chi connectivity index (χ0v) is 16.2. The Bertz CT molecular complexity index is 886. The summed E-state index contributed by atoms with van der Waals surface area (Å²) in [7, 11) is -3.36. The second kappa shape index (κ2) is 9.05. The number of benzene rings is 2. The molecule has 8 heteroatoms. The van der Waals surface area contributed by atoms with Crippen molar-refractivity contribution in [2.24, 2.45) is 0 Å². The summed E-state index contributed by atoms with van der Waals surface area (Å²) in [5, 5.41) is 2.80. The van der Waals surface area contributed by atoms with Crippen molar-refractivity contribution in [2.75, 3.05) is 23.3 Å². The lowest BCUT2D eigenvalue weighted by Crippen LogP contribution is -2.26. The van der Waals surface area contributed by atoms with E-state index >= 15 is 0 Å². The third-order valence-electron chi connectivity index (χ3n) is 3.53. The molecule has 26 heavy (non-hydrogen) atoms. The summed E-state index contributed by atoms with van der Waals surface area (Å²) in [6.07, 6.45) is 1.08. The summed E-state index contributed by atoms with van der Waals surface area (Å²) in [6.45, 7) is 2.19. The van der Waals surface area contributed by atoms with E-state index in [0.29, 0.717) is 40.4 Å². The number of thioether (sulfide) groups is 1. The number of hydrogen-bond donors (Lipinski definition) is 2. The predicted octanol–water partition coefficient (Wildman–Crippen LogP) is 3.17. The molecule has 0 atom stereocenters. The third kappa shape index (κ3) is 6.34. The molecule has 0 heterocycles. The largest absolute Gasteiger partial charge is 0.351 e. The van der Waals surface area contributed by atoms with Crippen LogP contribution in [-0.4, -0.2) is 32.9 Å². The van der Waals surface area contributed by atoms with Crippen LogP contribution in [0.4, 0.5) is 10.1 Å². The van der Waals surface area contributed by atoms with Gasteiger partial charge in [0.1, 0.15) is 5.82 Å². The lowest BCUT2D eigenvalue weighted by molar-refractivity contribution is 0.0956. The van der Waals surface area contributed by atoms with Gasteiger partial charge in [0.25, 0.3) is 5.91 Å². The molecular formula is C18H21FN2O3S2. The Hall–Kier alpha value is -2.06. The smallest absolute Gasteiger partial charge is 0.251 e. The van der Waals surface area contributed by atoms with E-state index in [0.717, 1.165) is 6.26 Å². The monoisotopic (exact) mass is 396 g/mol. The van der Waals surface area contributed by atoms with Crippen LogP contribution in [-0.2, 0) is 15.8 Å². The van der Waals surface area contributed by atoms with Crippen LogP contribution in [0.25, 0.3) is 0 Å². The van der Waals surface area contributed by atoms with Crippen molar-refractivity contribution in [1.29, 1.82) is 0 Å². The molecule has 0 aromatic heterocycles. The van der Waals surface area contributed by atoms with Crippen LogP contribution in [0.1, 0.15) is 21.5 Å². The van der Waals surface area contributed by atoms with Crippen LogP contribution in [0.15, 0.2) is 42.5 Å². The zero-order valence-electron chi connectivity index (χ0n) is 14.6. The van der Waals surface area contributed by atoms with Crippen molar-refractivity contribution in [1.82, 2.24) is 5.32 Å². The van der Waals surface area contributed by atoms with Crippen LogP contribution in [0.3, 0.4) is 0 Å². The molecule has 2 aromatic rings. The first-order valence-corrected chi connectivity index (χ1v) is 11.0. The Kier molecular flexibility index (Phi) is 7.05. The van der Waals surface area contributed by atoms with E-state index in [-0.39, 0.29) is 11.7 Å². The minimum absolute atomic E-state index is 0.220. The number of aryl methyl sites for hydroxylation is 1. The first kappa shape index (κ1) is 20.3. The highest BCUT2D eigenvalue weighted by atomic mass is 32.2. The molecule has 2 aromatic carbocycles. The average molecular weight is 397 g/mol. The fourth-order valence-electron chi connectivity index (χ4n) is 2.26. The summed E-state index contributed by atoms with van der Waals surface area (Å²) in [5.41, 5.74) is 2.22. The summed E-state index contributed by atoms with van der Waals surface area (Å²) < 4.78 is 38.5. The molecule has 1 amide bonds. The van der Waals surface area contributed by atoms with E-state index in [1.807, 2.05) is 0 Å². The molecule has 0 aliphatic carbocycles. The van der Waals surface area contributed by atoms with Gasteiger partial charge in [0.2, 0.25) is 10.0 Å². The fraction of sp³-hybridized carbons (Fsp3) is 0.278. The van der Waals surface area contributed by atoms with E-state index in [2.05, 4.69) is 10.0 Å². The molecule has 5 nitrogen and oxygen atoms in total. The van der Waals surface area contributed by atoms with E-state index in [9.17, 15) is 17.6 Å². The Morgan fingerprint density at radius 3 is 2.58 bits per heavy atom. The molecule has 0 unspecified atom stereocenters. The van der Waals surface area contributed by atoms with Crippen LogP contribution in [0.5, 0.6) is 0 Å². The summed E-state index contributed by atoms with van der Waals surface area (Å²) in [5.74, 6) is 0.758. The van der Waals surface area contributed by atoms with Crippen molar-refractivity contribution in [2.45, 2.75) is 12.7 Å². The highest BCUT2D eigenvalue weighted by Crippen LogP contribution is 2.18. The summed E-state index contributed by atoms with van der Waals surface area (Å²) in [4.78, 5) is 12.2. The predicted molar refractivity (Wildman–Crippen MR) is 105 cm³/mol. The van der Waals surface area contributed by atoms with Gasteiger partial charge in [0, 0.05) is 23.6 Å². The van der Waals surface area contributed by atoms with Gasteiger partial charge in [0.05, 0.1) is 11.9 Å². The average Bonchev–Trinajstić information content (AvgIpc) is 2.56. The molecule has 0 saturated heterocycles. The topological polar surface area (TPSA) is 75.3 Å². The van der Waals surface area contributed by atoms with Crippen LogP contribution in [0, 0.1) is 12.7 Å². The Morgan fingerprint density at radius 2 is 1.92 bits per heavy atom. The highest BCUT2D eigenvalue weighted by Gasteiger charge is 2.10. The number of amides is 1. The lowest BCUT2D eigenvalue weighted by Gasteiger charge is -2.10. The molecule has 0 spiro atoms. The summed E-state index contributed by atoms with van der Waals surface area (Å²) in [6, 6.07) is 11.4. The number of rotatable bonds is 8. The van der Waals surface area contributed by atoms with Crippen molar-refractivity contribution < 1.29 is 17.6 Å². The van der Waals surface area contributed by atoms with E-state index < -0.39 is 10.0 Å². The van der Waals surface area contributed by atoms with Crippen LogP contribution >= 0.6 is 11.8 Å². The van der Waals surface area contributed by atoms with Gasteiger partial charge in [0.15, 0.2) is 0 Å². The SMILES string of the molecule is Cc1cc(C(=O)NCCSCc2ccccc2F)ccc1NS(C)(=O)=O. The Balaban J connectivity index is 1.81. The van der Waals surface area contributed by atoms with Gasteiger partial charge >= 0.3 is 0 Å². The van der Waals surface area contributed by atoms with Gasteiger partial charge in [-0.2, -0.15) is 11.8 Å². The first-order valence-electron chi connectivity index (χ1n) is 7.94. The number of carbonyl (C=O) groups is 1. The number of sulfonamides is 1. The molecule has 2 N–H and O–H groups in total. The van der Waals surface area contributed by atoms with Crippen molar-refractivity contribution in [3.63, 3.8) is 0 Å². The van der Waals surface area contributed by atoms with Gasteiger partial charge in [-0.3, -0.25) is 9.52 Å². The van der Waals surface area contributed by atoms with Gasteiger partial charge in [-0.15, -0.1) is 0 Å². The Labute approximate surface area is 157 Å². The fourth-order valence-corrected chi connectivity index (χ4v) is 3.73. The highest BCUT2D eigenvalue weighted by molar-refractivity contribution is 7.98. The van der Waals surface area contributed by atoms with Crippen LogP contribution < -0.4 is 10.0 Å². The second-order valence-corrected chi connectivity index (χ2v) is 8.66. The van der Waals surface area contributed by atoms with E-state index in [4.69, 9.17) is 0 Å². The van der Waals surface area contributed by atoms with Crippen molar-refractivity contribution in [3.8, 4) is 0 Å². The number of anilines is 1. The molecule has 0 fully saturated rings. The third-order valence-corrected chi connectivity index (χ3v) is 5.13. The maximum atomic E-state index is 13.5. The van der Waals surface area contributed by atoms with Gasteiger partial charge < -0.3 is 5.32 Å². The molecule has 0 radical (unpaired) electrons. The number of halogens is 1. The molecule has 2 rings (SSSR count). The molecular weight excluding hydrogens is 375 g/mol. The minimum Gasteiger partial charge on any atom is -0.351 e. The standard InChI is InChI=1S/C18H21FN2O3S2/c1-13-11-14(7-8-17(13)21-26(2,23)24)18(22)20-9-10-25-12-15-5-3-4-6-16(15)19/h3-8,11,21H,9-10,12H2,1-2H3,(H,20,22). The maximum absolute atomic E-state index is 13.5. The lowest BCUT2D eigenvalue weighted by atomic mass is 10.1. The molecule has 140 valence electrons. The first-order chi connectivity index (χ1) is 12.3. The van der Waals surface area contributed by atoms with Crippen molar-refractivity contribution >= 4 is 33.4 Å². The van der Waals surface area contributed by atoms with E-state index in [1.54, 1.807) is 43.3 Å². The van der Waals surface area contributed by atoms with Gasteiger partial charge in [-0.05, 0) is 42.3 Å². The summed E-state index contributed by atoms with van der Waals surface area (Å²) >= 11 is 1.54. The van der Waals surface area contributed by atoms with Gasteiger partial charge in [-0.25, -0.2) is 12.8 Å². The molecule has 0 saturated carbocycles. The van der Waals surface area contributed by atoms with Crippen molar-refractivity contribution in [3.05, 3.63) is 65.0 Å². The Morgan fingerprint density at radius 1 is 1.19 bits per heavy atom. The molecule has 0 aliphatic heterocycles. The second-order valence-electron chi connectivity index (χ2n) is 5.80. The number of nitrogens with one attached hydrogen (secondary N) is 2. The van der Waals surface area contributed by atoms with E-state index in [1.165, 1.54) is 17.8 Å². The quantitative estimate of drug-likeness (QED) is 0.672. The number of hydrogen-bond acceptors (Lipinski definition) is 4. The van der Waals surface area contributed by atoms with Gasteiger partial charge in [-0.1, -0.05) is 18.2 Å². The minimum atomic E-state index is -3.36. The molecule has 0 aliphatic rings.